The summed E-state index contributed by atoms with van der Waals surface area (Å²) in [6.07, 6.45) is 1.19. The number of nitrogens with one attached hydrogen (secondary N) is 1. The average molecular weight is 169 g/mol. The topological polar surface area (TPSA) is 37.8 Å². The fraction of sp³-hybridized carbons (Fsp3) is 0.500. The molecule has 0 unspecified atom stereocenters. The molecule has 1 heterocycles. The summed E-state index contributed by atoms with van der Waals surface area (Å²) in [7, 11) is 1.71. The van der Waals surface area contributed by atoms with Gasteiger partial charge in [0.2, 0.25) is 5.95 Å². The fourth-order valence-corrected chi connectivity index (χ4v) is 0.906. The molecular formula is C8H12FN3. The van der Waals surface area contributed by atoms with Crippen molar-refractivity contribution in [3.63, 3.8) is 0 Å². The second-order valence-corrected chi connectivity index (χ2v) is 2.83. The van der Waals surface area contributed by atoms with E-state index >= 15 is 0 Å². The van der Waals surface area contributed by atoms with Crippen LogP contribution in [-0.2, 0) is 0 Å². The monoisotopic (exact) mass is 169 g/mol. The number of anilines is 1. The second-order valence-electron chi connectivity index (χ2n) is 2.83. The number of halogens is 1. The van der Waals surface area contributed by atoms with Crippen LogP contribution in [-0.4, -0.2) is 17.0 Å². The quantitative estimate of drug-likeness (QED) is 0.733. The zero-order valence-electron chi connectivity index (χ0n) is 7.43. The summed E-state index contributed by atoms with van der Waals surface area (Å²) < 4.78 is 13.0. The van der Waals surface area contributed by atoms with Crippen molar-refractivity contribution in [2.75, 3.05) is 12.4 Å². The largest absolute Gasteiger partial charge is 0.357 e. The van der Waals surface area contributed by atoms with E-state index in [0.29, 0.717) is 11.6 Å². The summed E-state index contributed by atoms with van der Waals surface area (Å²) in [4.78, 5) is 7.74. The molecule has 0 fully saturated rings. The molecule has 1 aromatic rings. The molecule has 12 heavy (non-hydrogen) atoms. The second kappa shape index (κ2) is 3.47. The number of nitrogens with zero attached hydrogens (tertiary/aromatic N) is 2. The highest BCUT2D eigenvalue weighted by molar-refractivity contribution is 5.25. The van der Waals surface area contributed by atoms with Gasteiger partial charge in [0, 0.05) is 7.05 Å². The Balaban J connectivity index is 3.08. The predicted octanol–water partition coefficient (Wildman–Crippen LogP) is 1.78. The van der Waals surface area contributed by atoms with Gasteiger partial charge in [0.1, 0.15) is 0 Å². The van der Waals surface area contributed by atoms with Crippen molar-refractivity contribution < 1.29 is 4.39 Å². The Hall–Kier alpha value is -1.19. The van der Waals surface area contributed by atoms with E-state index in [4.69, 9.17) is 0 Å². The molecule has 0 aliphatic carbocycles. The van der Waals surface area contributed by atoms with Crippen LogP contribution >= 0.6 is 0 Å². The van der Waals surface area contributed by atoms with Crippen LogP contribution in [0.5, 0.6) is 0 Å². The van der Waals surface area contributed by atoms with Gasteiger partial charge in [-0.2, -0.15) is 0 Å². The zero-order valence-corrected chi connectivity index (χ0v) is 7.43. The first-order valence-corrected chi connectivity index (χ1v) is 3.85. The van der Waals surface area contributed by atoms with Crippen molar-refractivity contribution >= 4 is 5.95 Å². The smallest absolute Gasteiger partial charge is 0.222 e. The standard InChI is InChI=1S/C8H12FN3/c1-5(2)7-6(9)4-11-8(10-3)12-7/h4-5H,1-3H3,(H,10,11,12). The van der Waals surface area contributed by atoms with Gasteiger partial charge < -0.3 is 5.32 Å². The lowest BCUT2D eigenvalue weighted by Crippen LogP contribution is -2.03. The number of rotatable bonds is 2. The Morgan fingerprint density at radius 3 is 2.67 bits per heavy atom. The van der Waals surface area contributed by atoms with E-state index < -0.39 is 0 Å². The van der Waals surface area contributed by atoms with Crippen molar-refractivity contribution in [3.05, 3.63) is 17.7 Å². The third-order valence-electron chi connectivity index (χ3n) is 1.54. The number of hydrogen-bond acceptors (Lipinski definition) is 3. The minimum atomic E-state index is -0.344. The molecule has 0 saturated heterocycles. The highest BCUT2D eigenvalue weighted by atomic mass is 19.1. The van der Waals surface area contributed by atoms with E-state index in [2.05, 4.69) is 15.3 Å². The minimum Gasteiger partial charge on any atom is -0.357 e. The molecule has 0 aromatic carbocycles. The Morgan fingerprint density at radius 1 is 1.50 bits per heavy atom. The highest BCUT2D eigenvalue weighted by Crippen LogP contribution is 2.15. The van der Waals surface area contributed by atoms with Crippen LogP contribution in [0.25, 0.3) is 0 Å². The van der Waals surface area contributed by atoms with Gasteiger partial charge in [0.25, 0.3) is 0 Å². The van der Waals surface area contributed by atoms with E-state index in [0.717, 1.165) is 0 Å². The molecule has 1 N–H and O–H groups in total. The van der Waals surface area contributed by atoms with Crippen molar-refractivity contribution in [2.24, 2.45) is 0 Å². The Bertz CT molecular complexity index is 273. The molecule has 4 heteroatoms. The van der Waals surface area contributed by atoms with E-state index in [1.165, 1.54) is 6.20 Å². The summed E-state index contributed by atoms with van der Waals surface area (Å²) in [5, 5.41) is 2.76. The van der Waals surface area contributed by atoms with Crippen LogP contribution < -0.4 is 5.32 Å². The summed E-state index contributed by atoms with van der Waals surface area (Å²) >= 11 is 0. The van der Waals surface area contributed by atoms with Crippen molar-refractivity contribution in [2.45, 2.75) is 19.8 Å². The lowest BCUT2D eigenvalue weighted by atomic mass is 10.1. The SMILES string of the molecule is CNc1ncc(F)c(C(C)C)n1. The van der Waals surface area contributed by atoms with Gasteiger partial charge in [0.15, 0.2) is 5.82 Å². The molecule has 0 saturated carbocycles. The Labute approximate surface area is 71.0 Å². The lowest BCUT2D eigenvalue weighted by molar-refractivity contribution is 0.577. The molecule has 0 atom stereocenters. The fourth-order valence-electron chi connectivity index (χ4n) is 0.906. The number of aromatic nitrogens is 2. The first-order valence-electron chi connectivity index (χ1n) is 3.85. The highest BCUT2D eigenvalue weighted by Gasteiger charge is 2.09. The van der Waals surface area contributed by atoms with Crippen LogP contribution in [0.2, 0.25) is 0 Å². The van der Waals surface area contributed by atoms with Crippen LogP contribution in [0, 0.1) is 5.82 Å². The molecule has 0 radical (unpaired) electrons. The Morgan fingerprint density at radius 2 is 2.17 bits per heavy atom. The third kappa shape index (κ3) is 1.69. The molecule has 0 aliphatic rings. The van der Waals surface area contributed by atoms with E-state index in [1.54, 1.807) is 7.05 Å². The molecule has 1 aromatic heterocycles. The van der Waals surface area contributed by atoms with Crippen LogP contribution in [0.4, 0.5) is 10.3 Å². The molecule has 0 bridgehead atoms. The van der Waals surface area contributed by atoms with Gasteiger partial charge in [-0.25, -0.2) is 14.4 Å². The van der Waals surface area contributed by atoms with E-state index in [-0.39, 0.29) is 11.7 Å². The van der Waals surface area contributed by atoms with Crippen molar-refractivity contribution in [1.29, 1.82) is 0 Å². The first-order chi connectivity index (χ1) is 5.65. The average Bonchev–Trinajstić information content (AvgIpc) is 2.05. The van der Waals surface area contributed by atoms with Gasteiger partial charge in [-0.3, -0.25) is 0 Å². The van der Waals surface area contributed by atoms with Gasteiger partial charge in [-0.15, -0.1) is 0 Å². The lowest BCUT2D eigenvalue weighted by Gasteiger charge is -2.06. The maximum absolute atomic E-state index is 13.0. The molecule has 0 spiro atoms. The third-order valence-corrected chi connectivity index (χ3v) is 1.54. The molecule has 3 nitrogen and oxygen atoms in total. The van der Waals surface area contributed by atoms with Crippen molar-refractivity contribution in [3.8, 4) is 0 Å². The molecular weight excluding hydrogens is 157 g/mol. The normalized spacial score (nSPS) is 10.4. The predicted molar refractivity (Wildman–Crippen MR) is 45.6 cm³/mol. The molecule has 0 amide bonds. The van der Waals surface area contributed by atoms with E-state index in [1.807, 2.05) is 13.8 Å². The summed E-state index contributed by atoms with van der Waals surface area (Å²) in [6, 6.07) is 0. The molecule has 1 rings (SSSR count). The minimum absolute atomic E-state index is 0.0834. The zero-order chi connectivity index (χ0) is 9.14. The van der Waals surface area contributed by atoms with E-state index in [9.17, 15) is 4.39 Å². The number of hydrogen-bond donors (Lipinski definition) is 1. The molecule has 66 valence electrons. The maximum atomic E-state index is 13.0. The summed E-state index contributed by atoms with van der Waals surface area (Å²) in [5.74, 6) is 0.198. The van der Waals surface area contributed by atoms with Crippen LogP contribution in [0.1, 0.15) is 25.5 Å². The summed E-state index contributed by atoms with van der Waals surface area (Å²) in [5.41, 5.74) is 0.453. The summed E-state index contributed by atoms with van der Waals surface area (Å²) in [6.45, 7) is 3.79. The van der Waals surface area contributed by atoms with Crippen molar-refractivity contribution in [1.82, 2.24) is 9.97 Å². The molecule has 0 aliphatic heterocycles. The first kappa shape index (κ1) is 8.90. The van der Waals surface area contributed by atoms with Gasteiger partial charge in [-0.05, 0) is 5.92 Å². The van der Waals surface area contributed by atoms with Gasteiger partial charge in [-0.1, -0.05) is 13.8 Å². The van der Waals surface area contributed by atoms with Gasteiger partial charge in [0.05, 0.1) is 11.9 Å². The van der Waals surface area contributed by atoms with Crippen LogP contribution in [0.3, 0.4) is 0 Å². The maximum Gasteiger partial charge on any atom is 0.222 e. The van der Waals surface area contributed by atoms with Crippen LogP contribution in [0.15, 0.2) is 6.20 Å². The van der Waals surface area contributed by atoms with Gasteiger partial charge >= 0.3 is 0 Å². The Kier molecular flexibility index (Phi) is 2.58.